The van der Waals surface area contributed by atoms with Crippen molar-refractivity contribution in [2.75, 3.05) is 19.5 Å². The highest BCUT2D eigenvalue weighted by molar-refractivity contribution is 8.00. The first-order chi connectivity index (χ1) is 17.2. The molecule has 0 spiro atoms. The number of hydrogen-bond acceptors (Lipinski definition) is 14. The number of amides is 1. The van der Waals surface area contributed by atoms with Gasteiger partial charge in [-0.25, -0.2) is 4.79 Å². The minimum absolute atomic E-state index is 0.0422. The fourth-order valence-electron chi connectivity index (χ4n) is 3.64. The van der Waals surface area contributed by atoms with E-state index in [1.165, 1.54) is 6.92 Å². The van der Waals surface area contributed by atoms with Gasteiger partial charge in [-0.05, 0) is 0 Å². The molecule has 1 rings (SSSR count). The molecule has 0 radical (unpaired) electrons. The van der Waals surface area contributed by atoms with Gasteiger partial charge in [0.2, 0.25) is 5.91 Å². The Morgan fingerprint density at radius 1 is 0.757 bits per heavy atom. The van der Waals surface area contributed by atoms with Gasteiger partial charge >= 0.3 is 35.8 Å². The van der Waals surface area contributed by atoms with Gasteiger partial charge in [-0.15, -0.1) is 11.8 Å². The van der Waals surface area contributed by atoms with Gasteiger partial charge in [0.25, 0.3) is 0 Å². The Kier molecular flexibility index (Phi) is 12.3. The van der Waals surface area contributed by atoms with Gasteiger partial charge in [-0.1, -0.05) is 0 Å². The Morgan fingerprint density at radius 3 is 1.70 bits per heavy atom. The van der Waals surface area contributed by atoms with Crippen LogP contribution >= 0.6 is 11.8 Å². The Morgan fingerprint density at radius 2 is 1.27 bits per heavy atom. The lowest BCUT2D eigenvalue weighted by atomic mass is 10.0. The quantitative estimate of drug-likeness (QED) is 0.243. The summed E-state index contributed by atoms with van der Waals surface area (Å²) in [6.45, 7) is 5.79. The van der Waals surface area contributed by atoms with E-state index >= 15 is 0 Å². The largest absolute Gasteiger partial charge is 0.467 e. The van der Waals surface area contributed by atoms with Crippen molar-refractivity contribution in [1.29, 1.82) is 0 Å². The van der Waals surface area contributed by atoms with Crippen LogP contribution in [0.4, 0.5) is 0 Å². The van der Waals surface area contributed by atoms with Gasteiger partial charge in [0.15, 0.2) is 24.4 Å². The van der Waals surface area contributed by atoms with Gasteiger partial charge < -0.3 is 33.3 Å². The van der Waals surface area contributed by atoms with Crippen molar-refractivity contribution in [2.24, 2.45) is 0 Å². The standard InChI is InChI=1S/C22H31NO13S/c1-10(24)23-16(22(30)31-7)9-37-21(23)20(36-15(6)29)19(35-14(5)28)18(34-13(4)27)17(33-12(3)26)8-32-11(2)25/h16-21H,8-9H2,1-7H3/t16-,17+,18-,19-,20+,21+/m0/s1. The third kappa shape index (κ3) is 9.55. The van der Waals surface area contributed by atoms with Crippen LogP contribution in [-0.4, -0.2) is 102 Å². The van der Waals surface area contributed by atoms with Crippen LogP contribution in [0.2, 0.25) is 0 Å². The summed E-state index contributed by atoms with van der Waals surface area (Å²) < 4.78 is 31.1. The zero-order valence-electron chi connectivity index (χ0n) is 21.5. The highest BCUT2D eigenvalue weighted by Crippen LogP contribution is 2.37. The van der Waals surface area contributed by atoms with Crippen molar-refractivity contribution in [3.8, 4) is 0 Å². The number of ether oxygens (including phenoxy) is 6. The van der Waals surface area contributed by atoms with Crippen molar-refractivity contribution in [3.63, 3.8) is 0 Å². The van der Waals surface area contributed by atoms with Gasteiger partial charge in [-0.2, -0.15) is 0 Å². The van der Waals surface area contributed by atoms with E-state index in [2.05, 4.69) is 0 Å². The van der Waals surface area contributed by atoms with Crippen molar-refractivity contribution in [1.82, 2.24) is 4.90 Å². The van der Waals surface area contributed by atoms with Gasteiger partial charge in [-0.3, -0.25) is 28.8 Å². The van der Waals surface area contributed by atoms with E-state index in [1.54, 1.807) is 0 Å². The molecular weight excluding hydrogens is 518 g/mol. The summed E-state index contributed by atoms with van der Waals surface area (Å²) in [5.74, 6) is -5.57. The maximum Gasteiger partial charge on any atom is 0.329 e. The van der Waals surface area contributed by atoms with Crippen molar-refractivity contribution in [3.05, 3.63) is 0 Å². The summed E-state index contributed by atoms with van der Waals surface area (Å²) in [6, 6.07) is -1.06. The minimum atomic E-state index is -1.68. The first-order valence-electron chi connectivity index (χ1n) is 11.0. The molecule has 37 heavy (non-hydrogen) atoms. The molecule has 1 aliphatic heterocycles. The molecule has 15 heteroatoms. The SMILES string of the molecule is COC(=O)[C@@H]1CS[C@H]([C@H](OC(C)=O)[C@@H](OC(C)=O)[C@@H](OC(C)=O)[C@@H](COC(C)=O)OC(C)=O)N1C(C)=O. The third-order valence-electron chi connectivity index (χ3n) is 4.84. The van der Waals surface area contributed by atoms with Crippen LogP contribution in [0.3, 0.4) is 0 Å². The molecule has 0 bridgehead atoms. The predicted octanol–water partition coefficient (Wildman–Crippen LogP) is -0.261. The highest BCUT2D eigenvalue weighted by atomic mass is 32.2. The van der Waals surface area contributed by atoms with Crippen LogP contribution in [0.1, 0.15) is 41.5 Å². The second-order valence-corrected chi connectivity index (χ2v) is 9.01. The summed E-state index contributed by atoms with van der Waals surface area (Å²) in [6.07, 6.45) is -6.40. The van der Waals surface area contributed by atoms with Crippen molar-refractivity contribution in [2.45, 2.75) is 77.4 Å². The molecule has 208 valence electrons. The van der Waals surface area contributed by atoms with Gasteiger partial charge in [0.1, 0.15) is 18.0 Å². The number of carbonyl (C=O) groups excluding carboxylic acids is 7. The van der Waals surface area contributed by atoms with Crippen LogP contribution in [0, 0.1) is 0 Å². The molecule has 0 aromatic carbocycles. The second-order valence-electron chi connectivity index (χ2n) is 7.86. The number of hydrogen-bond donors (Lipinski definition) is 0. The topological polar surface area (TPSA) is 178 Å². The average Bonchev–Trinajstić information content (AvgIpc) is 3.21. The van der Waals surface area contributed by atoms with Gasteiger partial charge in [0.05, 0.1) is 7.11 Å². The minimum Gasteiger partial charge on any atom is -0.467 e. The van der Waals surface area contributed by atoms with E-state index in [-0.39, 0.29) is 5.75 Å². The van der Waals surface area contributed by atoms with Crippen LogP contribution in [0.25, 0.3) is 0 Å². The van der Waals surface area contributed by atoms with Gasteiger partial charge in [0, 0.05) is 47.3 Å². The van der Waals surface area contributed by atoms with E-state index in [1.807, 2.05) is 0 Å². The normalized spacial score (nSPS) is 19.9. The molecule has 0 aliphatic carbocycles. The first kappa shape index (κ1) is 31.7. The smallest absolute Gasteiger partial charge is 0.329 e. The fraction of sp³-hybridized carbons (Fsp3) is 0.682. The number of carbonyl (C=O) groups is 7. The fourth-order valence-corrected chi connectivity index (χ4v) is 5.18. The van der Waals surface area contributed by atoms with Crippen LogP contribution < -0.4 is 0 Å². The molecule has 0 saturated carbocycles. The maximum absolute atomic E-state index is 12.6. The molecule has 14 nitrogen and oxygen atoms in total. The van der Waals surface area contributed by atoms with Crippen molar-refractivity contribution < 1.29 is 62.0 Å². The molecule has 0 N–H and O–H groups in total. The Balaban J connectivity index is 3.70. The number of thioether (sulfide) groups is 1. The lowest BCUT2D eigenvalue weighted by Crippen LogP contribution is -2.59. The molecule has 1 aliphatic rings. The Bertz CT molecular complexity index is 907. The number of nitrogens with zero attached hydrogens (tertiary/aromatic N) is 1. The molecule has 0 aromatic heterocycles. The first-order valence-corrected chi connectivity index (χ1v) is 12.0. The monoisotopic (exact) mass is 549 g/mol. The van der Waals surface area contributed by atoms with E-state index in [0.717, 1.165) is 58.4 Å². The summed E-state index contributed by atoms with van der Waals surface area (Å²) in [5.41, 5.74) is 0. The second kappa shape index (κ2) is 14.4. The zero-order valence-corrected chi connectivity index (χ0v) is 22.4. The Labute approximate surface area is 217 Å². The third-order valence-corrected chi connectivity index (χ3v) is 6.19. The zero-order chi connectivity index (χ0) is 28.4. The summed E-state index contributed by atoms with van der Waals surface area (Å²) in [7, 11) is 1.14. The summed E-state index contributed by atoms with van der Waals surface area (Å²) in [5, 5.41) is -1.13. The maximum atomic E-state index is 12.6. The lowest BCUT2D eigenvalue weighted by molar-refractivity contribution is -0.205. The molecular formula is C22H31NO13S. The Hall–Kier alpha value is -3.36. The lowest BCUT2D eigenvalue weighted by Gasteiger charge is -2.39. The summed E-state index contributed by atoms with van der Waals surface area (Å²) in [4.78, 5) is 85.6. The molecule has 0 aromatic rings. The number of methoxy groups -OCH3 is 1. The van der Waals surface area contributed by atoms with E-state index in [0.29, 0.717) is 0 Å². The highest BCUT2D eigenvalue weighted by Gasteiger charge is 2.53. The average molecular weight is 550 g/mol. The van der Waals surface area contributed by atoms with E-state index in [4.69, 9.17) is 28.4 Å². The molecule has 6 atom stereocenters. The van der Waals surface area contributed by atoms with E-state index < -0.39 is 84.2 Å². The number of esters is 6. The molecule has 1 saturated heterocycles. The summed E-state index contributed by atoms with van der Waals surface area (Å²) >= 11 is 1.02. The van der Waals surface area contributed by atoms with E-state index in [9.17, 15) is 33.6 Å². The predicted molar refractivity (Wildman–Crippen MR) is 123 cm³/mol. The van der Waals surface area contributed by atoms with Crippen molar-refractivity contribution >= 4 is 53.5 Å². The van der Waals surface area contributed by atoms with Crippen LogP contribution in [0.5, 0.6) is 0 Å². The van der Waals surface area contributed by atoms with Crippen LogP contribution in [-0.2, 0) is 62.0 Å². The number of rotatable bonds is 11. The molecule has 1 fully saturated rings. The molecule has 1 amide bonds. The van der Waals surface area contributed by atoms with Crippen LogP contribution in [0.15, 0.2) is 0 Å². The molecule has 1 heterocycles. The molecule has 0 unspecified atom stereocenters.